The molecule has 0 aliphatic carbocycles. The van der Waals surface area contributed by atoms with E-state index in [0.717, 1.165) is 17.1 Å². The molecule has 7 nitrogen and oxygen atoms in total. The number of fused-ring (bicyclic) bond motifs is 9. The van der Waals surface area contributed by atoms with Crippen molar-refractivity contribution in [2.24, 2.45) is 0 Å². The van der Waals surface area contributed by atoms with Crippen molar-refractivity contribution in [3.05, 3.63) is 142 Å². The third kappa shape index (κ3) is 5.33. The number of hydrogen-bond donors (Lipinski definition) is 3. The van der Waals surface area contributed by atoms with E-state index in [4.69, 9.17) is 0 Å². The van der Waals surface area contributed by atoms with Crippen LogP contribution in [0.5, 0.6) is 0 Å². The Labute approximate surface area is 316 Å². The summed E-state index contributed by atoms with van der Waals surface area (Å²) in [6.45, 7) is 0. The lowest BCUT2D eigenvalue weighted by molar-refractivity contribution is -0.120. The Morgan fingerprint density at radius 3 is 1.17 bits per heavy atom. The number of halogens is 10. The predicted octanol–water partition coefficient (Wildman–Crippen LogP) is 10.5. The highest BCUT2D eigenvalue weighted by Gasteiger charge is 2.31. The van der Waals surface area contributed by atoms with E-state index in [1.807, 2.05) is 0 Å². The van der Waals surface area contributed by atoms with Gasteiger partial charge in [-0.2, -0.15) is 0 Å². The van der Waals surface area contributed by atoms with Gasteiger partial charge in [0.15, 0.2) is 46.5 Å². The van der Waals surface area contributed by atoms with Crippen LogP contribution in [0.25, 0.3) is 78.6 Å². The lowest BCUT2D eigenvalue weighted by Gasteiger charge is -2.14. The summed E-state index contributed by atoms with van der Waals surface area (Å²) in [6, 6.07) is 13.5. The fourth-order valence-corrected chi connectivity index (χ4v) is 7.06. The Morgan fingerprint density at radius 2 is 0.707 bits per heavy atom. The van der Waals surface area contributed by atoms with Crippen molar-refractivity contribution in [2.75, 3.05) is 4.90 Å². The smallest absolute Gasteiger partial charge is 0.258 e. The number of nitrogens with one attached hydrogen (secondary N) is 3. The number of carbonyl (C=O) groups is 2. The number of H-pyrrole nitrogens is 3. The predicted molar refractivity (Wildman–Crippen MR) is 193 cm³/mol. The van der Waals surface area contributed by atoms with Crippen LogP contribution in [0.3, 0.4) is 0 Å². The van der Waals surface area contributed by atoms with Gasteiger partial charge in [-0.05, 0) is 66.2 Å². The van der Waals surface area contributed by atoms with Crippen LogP contribution in [0.1, 0.15) is 11.4 Å². The van der Waals surface area contributed by atoms with Crippen molar-refractivity contribution in [3.8, 4) is 33.4 Å². The van der Waals surface area contributed by atoms with Gasteiger partial charge in [-0.1, -0.05) is 12.1 Å². The molecule has 0 spiro atoms. The number of carbonyl (C=O) groups excluding carboxylic acids is 2. The molecule has 2 aliphatic rings. The highest BCUT2D eigenvalue weighted by molar-refractivity contribution is 6.28. The minimum Gasteiger partial charge on any atom is -0.354 e. The Kier molecular flexibility index (Phi) is 8.17. The zero-order chi connectivity index (χ0) is 40.9. The summed E-state index contributed by atoms with van der Waals surface area (Å²) in [5.74, 6) is -23.5. The third-order valence-electron chi connectivity index (χ3n) is 9.72. The highest BCUT2D eigenvalue weighted by Crippen LogP contribution is 2.41. The fraction of sp³-hybridized carbons (Fsp3) is 0. The Balaban J connectivity index is 1.44. The molecule has 8 bridgehead atoms. The van der Waals surface area contributed by atoms with Gasteiger partial charge >= 0.3 is 0 Å². The van der Waals surface area contributed by atoms with Gasteiger partial charge in [0, 0.05) is 50.9 Å². The second-order valence-electron chi connectivity index (χ2n) is 13.0. The first kappa shape index (κ1) is 36.2. The van der Waals surface area contributed by atoms with Gasteiger partial charge in [0.05, 0.1) is 39.2 Å². The van der Waals surface area contributed by atoms with Crippen molar-refractivity contribution >= 4 is 62.8 Å². The molecular weight excluding hydrogens is 784 g/mol. The third-order valence-corrected chi connectivity index (χ3v) is 9.72. The number of amides is 2. The first-order valence-corrected chi connectivity index (χ1v) is 16.8. The summed E-state index contributed by atoms with van der Waals surface area (Å²) in [6.07, 6.45) is 4.71. The van der Waals surface area contributed by atoms with Gasteiger partial charge in [-0.15, -0.1) is 0 Å². The molecule has 0 saturated carbocycles. The van der Waals surface area contributed by atoms with E-state index < -0.39 is 92.2 Å². The zero-order valence-corrected chi connectivity index (χ0v) is 28.6. The van der Waals surface area contributed by atoms with Crippen LogP contribution in [0.4, 0.5) is 49.6 Å². The largest absolute Gasteiger partial charge is 0.354 e. The Morgan fingerprint density at radius 1 is 0.362 bits per heavy atom. The summed E-state index contributed by atoms with van der Waals surface area (Å²) < 4.78 is 150. The quantitative estimate of drug-likeness (QED) is 0.0716. The first-order valence-electron chi connectivity index (χ1n) is 16.8. The van der Waals surface area contributed by atoms with E-state index in [-0.39, 0.29) is 61.3 Å². The molecule has 3 aromatic carbocycles. The second kappa shape index (κ2) is 13.1. The second-order valence-corrected chi connectivity index (χ2v) is 13.0. The summed E-state index contributed by atoms with van der Waals surface area (Å²) >= 11 is 0. The molecule has 6 heterocycles. The van der Waals surface area contributed by atoms with Crippen molar-refractivity contribution in [1.29, 1.82) is 0 Å². The number of benzene rings is 3. The standard InChI is InChI=1S/C41H17F10N5O2/c42-32-30(33(43)37(47)40(50)36(32)46)28-21-7-5-17(52-21)18-6-8-22(53-18)29(31-34(44)38(48)41(51)39(49)35(31)45)24-12-10-20(55-24)27(19-9-11-23(28)54-19)15-1-3-16(4-2-15)56-25(57)13-14-26(56)58/h1-14,52-54H. The minimum absolute atomic E-state index is 0.0199. The number of hydrogen-bond acceptors (Lipinski definition) is 3. The van der Waals surface area contributed by atoms with Gasteiger partial charge < -0.3 is 15.0 Å². The van der Waals surface area contributed by atoms with Gasteiger partial charge in [0.25, 0.3) is 11.8 Å². The van der Waals surface area contributed by atoms with E-state index in [0.29, 0.717) is 0 Å². The molecule has 7 aromatic rings. The summed E-state index contributed by atoms with van der Waals surface area (Å²) in [5, 5.41) is 0. The van der Waals surface area contributed by atoms with E-state index >= 15 is 17.6 Å². The van der Waals surface area contributed by atoms with Crippen molar-refractivity contribution in [3.63, 3.8) is 0 Å². The maximum Gasteiger partial charge on any atom is 0.258 e. The summed E-state index contributed by atoms with van der Waals surface area (Å²) in [7, 11) is 0. The van der Waals surface area contributed by atoms with Gasteiger partial charge in [-0.3, -0.25) is 9.59 Å². The number of aromatic amines is 3. The molecule has 288 valence electrons. The van der Waals surface area contributed by atoms with Crippen LogP contribution >= 0.6 is 0 Å². The topological polar surface area (TPSA) is 97.6 Å². The number of nitrogens with zero attached hydrogens (tertiary/aromatic N) is 2. The molecule has 0 fully saturated rings. The highest BCUT2D eigenvalue weighted by atomic mass is 19.2. The number of anilines is 1. The normalized spacial score (nSPS) is 13.2. The summed E-state index contributed by atoms with van der Waals surface area (Å²) in [4.78, 5) is 38.8. The molecule has 58 heavy (non-hydrogen) atoms. The molecule has 2 amide bonds. The molecule has 0 radical (unpaired) electrons. The zero-order valence-electron chi connectivity index (χ0n) is 28.6. The van der Waals surface area contributed by atoms with Crippen LogP contribution in [0.15, 0.2) is 72.8 Å². The summed E-state index contributed by atoms with van der Waals surface area (Å²) in [5.41, 5.74) is -3.82. The Bertz CT molecular complexity index is 3100. The molecule has 0 atom stereocenters. The molecule has 0 saturated heterocycles. The van der Waals surface area contributed by atoms with Crippen LogP contribution in [-0.2, 0) is 9.59 Å². The SMILES string of the molecule is O=C1C=CC(=O)N1c1ccc(-c2c3nc(c(-c4c(F)c(F)c(F)c(F)c4F)c4ccc([nH]4)c4ccc([nH]4)c(-c4c(F)c(F)c(F)c(F)c4F)c4ccc2[nH]4)C=C3)cc1. The van der Waals surface area contributed by atoms with Crippen molar-refractivity contribution in [1.82, 2.24) is 19.9 Å². The first-order chi connectivity index (χ1) is 27.7. The van der Waals surface area contributed by atoms with Crippen LogP contribution in [0, 0.1) is 58.2 Å². The average Bonchev–Trinajstić information content (AvgIpc) is 4.08. The van der Waals surface area contributed by atoms with Gasteiger partial charge in [-0.25, -0.2) is 53.8 Å². The molecular formula is C41H17F10N5O2. The minimum atomic E-state index is -2.39. The number of aromatic nitrogens is 4. The molecule has 4 aromatic heterocycles. The van der Waals surface area contributed by atoms with Crippen LogP contribution in [0.2, 0.25) is 0 Å². The van der Waals surface area contributed by atoms with E-state index in [2.05, 4.69) is 19.9 Å². The van der Waals surface area contributed by atoms with E-state index in [1.165, 1.54) is 72.8 Å². The molecule has 9 rings (SSSR count). The maximum atomic E-state index is 15.6. The van der Waals surface area contributed by atoms with Crippen LogP contribution < -0.4 is 4.90 Å². The Hall–Kier alpha value is -7.43. The number of imide groups is 1. The van der Waals surface area contributed by atoms with Gasteiger partial charge in [0.2, 0.25) is 11.6 Å². The monoisotopic (exact) mass is 801 g/mol. The fourth-order valence-electron chi connectivity index (χ4n) is 7.06. The molecule has 3 N–H and O–H groups in total. The lowest BCUT2D eigenvalue weighted by Crippen LogP contribution is -2.29. The van der Waals surface area contributed by atoms with Crippen molar-refractivity contribution < 1.29 is 53.5 Å². The number of rotatable bonds is 4. The molecule has 0 unspecified atom stereocenters. The molecule has 17 heteroatoms. The maximum absolute atomic E-state index is 15.6. The average molecular weight is 802 g/mol. The van der Waals surface area contributed by atoms with Crippen LogP contribution in [-0.4, -0.2) is 31.8 Å². The van der Waals surface area contributed by atoms with E-state index in [9.17, 15) is 35.9 Å². The van der Waals surface area contributed by atoms with E-state index in [1.54, 1.807) is 0 Å². The molecule has 2 aliphatic heterocycles. The van der Waals surface area contributed by atoms with Crippen molar-refractivity contribution in [2.45, 2.75) is 0 Å². The lowest BCUT2D eigenvalue weighted by atomic mass is 10.0. The van der Waals surface area contributed by atoms with Gasteiger partial charge in [0.1, 0.15) is 0 Å².